The van der Waals surface area contributed by atoms with Gasteiger partial charge < -0.3 is 15.0 Å². The second kappa shape index (κ2) is 7.37. The number of fused-ring (bicyclic) bond motifs is 1. The number of carbonyl (C=O) groups is 1. The number of aromatic nitrogens is 3. The predicted molar refractivity (Wildman–Crippen MR) is 97.5 cm³/mol. The first-order chi connectivity index (χ1) is 12.7. The zero-order valence-electron chi connectivity index (χ0n) is 14.9. The first-order valence-electron chi connectivity index (χ1n) is 9.13. The monoisotopic (exact) mass is 353 g/mol. The van der Waals surface area contributed by atoms with E-state index in [2.05, 4.69) is 10.3 Å². The molecule has 2 aromatic rings. The topological polar surface area (TPSA) is 80.2 Å². The third-order valence-corrected chi connectivity index (χ3v) is 4.93. The van der Waals surface area contributed by atoms with Gasteiger partial charge in [-0.2, -0.15) is 0 Å². The van der Waals surface area contributed by atoms with Gasteiger partial charge in [-0.3, -0.25) is 9.78 Å². The van der Waals surface area contributed by atoms with E-state index >= 15 is 0 Å². The van der Waals surface area contributed by atoms with Crippen LogP contribution in [-0.4, -0.2) is 51.6 Å². The van der Waals surface area contributed by atoms with E-state index in [0.717, 1.165) is 55.2 Å². The average molecular weight is 353 g/mol. The molecule has 0 radical (unpaired) electrons. The fourth-order valence-corrected chi connectivity index (χ4v) is 3.47. The van der Waals surface area contributed by atoms with Gasteiger partial charge in [-0.05, 0) is 31.4 Å². The third-order valence-electron chi connectivity index (χ3n) is 4.93. The molecule has 0 spiro atoms. The van der Waals surface area contributed by atoms with Crippen molar-refractivity contribution in [3.63, 3.8) is 0 Å². The molecule has 2 aromatic heterocycles. The van der Waals surface area contributed by atoms with Crippen LogP contribution in [0, 0.1) is 0 Å². The molecule has 136 valence electrons. The Morgan fingerprint density at radius 1 is 1.38 bits per heavy atom. The van der Waals surface area contributed by atoms with Crippen LogP contribution in [0.2, 0.25) is 0 Å². The summed E-state index contributed by atoms with van der Waals surface area (Å²) >= 11 is 0. The maximum absolute atomic E-state index is 11.8. The Morgan fingerprint density at radius 3 is 3.04 bits per heavy atom. The maximum Gasteiger partial charge on any atom is 0.219 e. The van der Waals surface area contributed by atoms with Gasteiger partial charge in [-0.25, -0.2) is 9.97 Å². The number of hydrogen-bond acceptors (Lipinski definition) is 6. The van der Waals surface area contributed by atoms with Crippen molar-refractivity contribution in [2.24, 2.45) is 0 Å². The molecule has 4 rings (SSSR count). The van der Waals surface area contributed by atoms with Crippen molar-refractivity contribution >= 4 is 11.7 Å². The first kappa shape index (κ1) is 16.9. The Hall–Kier alpha value is -2.54. The largest absolute Gasteiger partial charge is 0.376 e. The number of pyridine rings is 1. The van der Waals surface area contributed by atoms with Crippen molar-refractivity contribution in [1.29, 1.82) is 0 Å². The minimum absolute atomic E-state index is 0.0718. The molecule has 7 nitrogen and oxygen atoms in total. The molecule has 2 aliphatic rings. The van der Waals surface area contributed by atoms with Gasteiger partial charge in [0.05, 0.1) is 18.3 Å². The Labute approximate surface area is 152 Å². The van der Waals surface area contributed by atoms with Crippen LogP contribution in [0.1, 0.15) is 31.0 Å². The molecule has 0 aliphatic carbocycles. The maximum atomic E-state index is 11.8. The Morgan fingerprint density at radius 2 is 2.31 bits per heavy atom. The molecule has 1 fully saturated rings. The predicted octanol–water partition coefficient (Wildman–Crippen LogP) is 2.03. The van der Waals surface area contributed by atoms with Gasteiger partial charge in [0.1, 0.15) is 11.5 Å². The minimum Gasteiger partial charge on any atom is -0.376 e. The molecular formula is C19H23N5O2. The minimum atomic E-state index is 0.0718. The summed E-state index contributed by atoms with van der Waals surface area (Å²) in [5.41, 5.74) is 2.73. The highest BCUT2D eigenvalue weighted by atomic mass is 16.5. The van der Waals surface area contributed by atoms with Crippen LogP contribution in [0.4, 0.5) is 5.82 Å². The van der Waals surface area contributed by atoms with Gasteiger partial charge in [0.15, 0.2) is 5.82 Å². The Kier molecular flexibility index (Phi) is 4.79. The van der Waals surface area contributed by atoms with Gasteiger partial charge >= 0.3 is 0 Å². The van der Waals surface area contributed by atoms with Gasteiger partial charge in [-0.15, -0.1) is 0 Å². The van der Waals surface area contributed by atoms with E-state index in [1.165, 1.54) is 0 Å². The van der Waals surface area contributed by atoms with Crippen LogP contribution in [0.3, 0.4) is 0 Å². The highest BCUT2D eigenvalue weighted by molar-refractivity contribution is 5.74. The lowest BCUT2D eigenvalue weighted by atomic mass is 10.0. The summed E-state index contributed by atoms with van der Waals surface area (Å²) < 4.78 is 5.71. The number of anilines is 1. The quantitative estimate of drug-likeness (QED) is 0.906. The molecule has 0 unspecified atom stereocenters. The fraction of sp³-hybridized carbons (Fsp3) is 0.474. The van der Waals surface area contributed by atoms with Crippen LogP contribution < -0.4 is 5.32 Å². The Balaban J connectivity index is 1.66. The van der Waals surface area contributed by atoms with Crippen molar-refractivity contribution in [1.82, 2.24) is 19.9 Å². The summed E-state index contributed by atoms with van der Waals surface area (Å²) in [4.78, 5) is 27.4. The van der Waals surface area contributed by atoms with Crippen LogP contribution in [0.5, 0.6) is 0 Å². The number of rotatable bonds is 4. The standard InChI is InChI=1S/C19H23N5O2/c1-13(25)24-9-7-15-17(12-24)22-19(16-6-2-3-8-20-16)23-18(15)21-11-14-5-4-10-26-14/h2-3,6,8,14H,4-5,7,9-12H2,1H3,(H,21,22,23)/t14-/m1/s1. The van der Waals surface area contributed by atoms with Gasteiger partial charge in [0.2, 0.25) is 5.91 Å². The van der Waals surface area contributed by atoms with Crippen LogP contribution in [0.25, 0.3) is 11.5 Å². The fourth-order valence-electron chi connectivity index (χ4n) is 3.47. The summed E-state index contributed by atoms with van der Waals surface area (Å²) in [6.07, 6.45) is 4.91. The molecule has 2 aliphatic heterocycles. The van der Waals surface area contributed by atoms with E-state index < -0.39 is 0 Å². The van der Waals surface area contributed by atoms with E-state index in [9.17, 15) is 4.79 Å². The lowest BCUT2D eigenvalue weighted by Crippen LogP contribution is -2.35. The summed E-state index contributed by atoms with van der Waals surface area (Å²) in [6, 6.07) is 5.69. The number of nitrogens with zero attached hydrogens (tertiary/aromatic N) is 4. The third kappa shape index (κ3) is 3.53. The van der Waals surface area contributed by atoms with Crippen LogP contribution in [-0.2, 0) is 22.5 Å². The van der Waals surface area contributed by atoms with E-state index in [0.29, 0.717) is 18.9 Å². The molecule has 1 N–H and O–H groups in total. The number of hydrogen-bond donors (Lipinski definition) is 1. The molecule has 1 saturated heterocycles. The molecule has 1 atom stereocenters. The molecule has 7 heteroatoms. The molecule has 26 heavy (non-hydrogen) atoms. The SMILES string of the molecule is CC(=O)N1CCc2c(nc(-c3ccccn3)nc2NC[C@H]2CCCO2)C1. The number of nitrogens with one attached hydrogen (secondary N) is 1. The lowest BCUT2D eigenvalue weighted by molar-refractivity contribution is -0.129. The summed E-state index contributed by atoms with van der Waals surface area (Å²) in [5.74, 6) is 1.50. The number of amides is 1. The molecule has 4 heterocycles. The smallest absolute Gasteiger partial charge is 0.219 e. The summed E-state index contributed by atoms with van der Waals surface area (Å²) in [7, 11) is 0. The van der Waals surface area contributed by atoms with E-state index in [4.69, 9.17) is 14.7 Å². The van der Waals surface area contributed by atoms with E-state index in [-0.39, 0.29) is 12.0 Å². The van der Waals surface area contributed by atoms with Crippen molar-refractivity contribution in [3.05, 3.63) is 35.7 Å². The Bertz CT molecular complexity index is 790. The van der Waals surface area contributed by atoms with E-state index in [1.54, 1.807) is 13.1 Å². The lowest BCUT2D eigenvalue weighted by Gasteiger charge is -2.29. The highest BCUT2D eigenvalue weighted by Crippen LogP contribution is 2.27. The van der Waals surface area contributed by atoms with Gasteiger partial charge in [-0.1, -0.05) is 6.07 Å². The second-order valence-electron chi connectivity index (χ2n) is 6.74. The first-order valence-corrected chi connectivity index (χ1v) is 9.13. The molecule has 1 amide bonds. The number of carbonyl (C=O) groups excluding carboxylic acids is 1. The van der Waals surface area contributed by atoms with Crippen molar-refractivity contribution < 1.29 is 9.53 Å². The zero-order valence-corrected chi connectivity index (χ0v) is 14.9. The summed E-state index contributed by atoms with van der Waals surface area (Å²) in [6.45, 7) is 4.38. The van der Waals surface area contributed by atoms with Crippen LogP contribution in [0.15, 0.2) is 24.4 Å². The average Bonchev–Trinajstić information content (AvgIpc) is 3.19. The normalized spacial score (nSPS) is 19.3. The van der Waals surface area contributed by atoms with Crippen molar-refractivity contribution in [2.75, 3.05) is 25.0 Å². The van der Waals surface area contributed by atoms with Gasteiger partial charge in [0.25, 0.3) is 0 Å². The van der Waals surface area contributed by atoms with Gasteiger partial charge in [0, 0.05) is 38.4 Å². The molecule has 0 saturated carbocycles. The molecular weight excluding hydrogens is 330 g/mol. The molecule has 0 bridgehead atoms. The highest BCUT2D eigenvalue weighted by Gasteiger charge is 2.25. The van der Waals surface area contributed by atoms with Crippen LogP contribution >= 0.6 is 0 Å². The van der Waals surface area contributed by atoms with E-state index in [1.807, 2.05) is 23.1 Å². The van der Waals surface area contributed by atoms with Crippen molar-refractivity contribution in [2.45, 2.75) is 38.8 Å². The summed E-state index contributed by atoms with van der Waals surface area (Å²) in [5, 5.41) is 3.46. The number of ether oxygens (including phenoxy) is 1. The zero-order chi connectivity index (χ0) is 17.9. The second-order valence-corrected chi connectivity index (χ2v) is 6.74. The van der Waals surface area contributed by atoms with Crippen molar-refractivity contribution in [3.8, 4) is 11.5 Å². The molecule has 0 aromatic carbocycles.